The Bertz CT molecular complexity index is 705. The first-order valence-corrected chi connectivity index (χ1v) is 8.77. The van der Waals surface area contributed by atoms with E-state index in [1.807, 2.05) is 26.0 Å². The first-order chi connectivity index (χ1) is 10.4. The van der Waals surface area contributed by atoms with Crippen LogP contribution in [0.3, 0.4) is 0 Å². The van der Waals surface area contributed by atoms with Crippen molar-refractivity contribution < 1.29 is 13.2 Å². The fraction of sp³-hybridized carbons (Fsp3) is 0.294. The van der Waals surface area contributed by atoms with Crippen LogP contribution in [0, 0.1) is 0 Å². The molecule has 2 aromatic rings. The van der Waals surface area contributed by atoms with Crippen molar-refractivity contribution in [2.75, 3.05) is 4.72 Å². The average molecular weight is 319 g/mol. The van der Waals surface area contributed by atoms with Crippen LogP contribution in [-0.2, 0) is 16.4 Å². The van der Waals surface area contributed by atoms with Crippen molar-refractivity contribution in [2.45, 2.75) is 38.2 Å². The minimum atomic E-state index is -3.58. The minimum Gasteiger partial charge on any atom is -0.491 e. The second kappa shape index (κ2) is 6.83. The number of ether oxygens (including phenoxy) is 1. The summed E-state index contributed by atoms with van der Waals surface area (Å²) in [4.78, 5) is 0.211. The van der Waals surface area contributed by atoms with Crippen molar-refractivity contribution in [3.8, 4) is 5.75 Å². The van der Waals surface area contributed by atoms with Crippen LogP contribution in [0.4, 0.5) is 5.69 Å². The number of anilines is 1. The maximum absolute atomic E-state index is 12.3. The van der Waals surface area contributed by atoms with Crippen molar-refractivity contribution in [1.82, 2.24) is 0 Å². The van der Waals surface area contributed by atoms with Crippen LogP contribution in [0.5, 0.6) is 5.75 Å². The summed E-state index contributed by atoms with van der Waals surface area (Å²) in [5.41, 5.74) is 1.72. The molecule has 0 saturated carbocycles. The molecule has 1 N–H and O–H groups in total. The Morgan fingerprint density at radius 3 is 2.09 bits per heavy atom. The number of aryl methyl sites for hydroxylation is 1. The lowest BCUT2D eigenvalue weighted by molar-refractivity contribution is 0.242. The zero-order valence-electron chi connectivity index (χ0n) is 13.0. The van der Waals surface area contributed by atoms with Gasteiger partial charge < -0.3 is 4.74 Å². The predicted molar refractivity (Wildman–Crippen MR) is 88.8 cm³/mol. The van der Waals surface area contributed by atoms with Crippen LogP contribution < -0.4 is 9.46 Å². The van der Waals surface area contributed by atoms with E-state index in [4.69, 9.17) is 4.74 Å². The highest BCUT2D eigenvalue weighted by Gasteiger charge is 2.14. The van der Waals surface area contributed by atoms with Crippen molar-refractivity contribution in [3.63, 3.8) is 0 Å². The lowest BCUT2D eigenvalue weighted by atomic mass is 10.2. The summed E-state index contributed by atoms with van der Waals surface area (Å²) < 4.78 is 32.8. The molecule has 0 aliphatic heterocycles. The molecule has 118 valence electrons. The SMILES string of the molecule is CCc1ccc(NS(=O)(=O)c2ccc(OC(C)C)cc2)cc1. The second-order valence-corrected chi connectivity index (χ2v) is 6.98. The molecular formula is C17H21NO3S. The smallest absolute Gasteiger partial charge is 0.261 e. The molecule has 0 bridgehead atoms. The van der Waals surface area contributed by atoms with Gasteiger partial charge in [0.05, 0.1) is 11.0 Å². The molecule has 0 aliphatic rings. The molecule has 0 spiro atoms. The van der Waals surface area contributed by atoms with Gasteiger partial charge in [0.2, 0.25) is 0 Å². The van der Waals surface area contributed by atoms with Crippen molar-refractivity contribution in [1.29, 1.82) is 0 Å². The number of sulfonamides is 1. The molecule has 0 saturated heterocycles. The van der Waals surface area contributed by atoms with Crippen LogP contribution in [0.1, 0.15) is 26.3 Å². The molecule has 0 unspecified atom stereocenters. The summed E-state index contributed by atoms with van der Waals surface area (Å²) in [5.74, 6) is 0.654. The molecule has 0 fully saturated rings. The topological polar surface area (TPSA) is 55.4 Å². The van der Waals surface area contributed by atoms with E-state index in [-0.39, 0.29) is 11.0 Å². The number of hydrogen-bond acceptors (Lipinski definition) is 3. The van der Waals surface area contributed by atoms with Gasteiger partial charge in [-0.15, -0.1) is 0 Å². The summed E-state index contributed by atoms with van der Waals surface area (Å²) in [5, 5.41) is 0. The molecule has 0 aliphatic carbocycles. The summed E-state index contributed by atoms with van der Waals surface area (Å²) in [6.07, 6.45) is 0.974. The van der Waals surface area contributed by atoms with Gasteiger partial charge in [-0.2, -0.15) is 0 Å². The van der Waals surface area contributed by atoms with Gasteiger partial charge in [-0.05, 0) is 62.2 Å². The van der Waals surface area contributed by atoms with E-state index in [1.165, 1.54) is 0 Å². The fourth-order valence-corrected chi connectivity index (χ4v) is 3.05. The maximum atomic E-state index is 12.3. The number of benzene rings is 2. The van der Waals surface area contributed by atoms with E-state index in [1.54, 1.807) is 36.4 Å². The van der Waals surface area contributed by atoms with Gasteiger partial charge in [-0.25, -0.2) is 8.42 Å². The van der Waals surface area contributed by atoms with E-state index < -0.39 is 10.0 Å². The molecule has 0 radical (unpaired) electrons. The highest BCUT2D eigenvalue weighted by atomic mass is 32.2. The summed E-state index contributed by atoms with van der Waals surface area (Å²) in [6, 6.07) is 13.8. The van der Waals surface area contributed by atoms with Gasteiger partial charge in [0.25, 0.3) is 10.0 Å². The van der Waals surface area contributed by atoms with Gasteiger partial charge >= 0.3 is 0 Å². The third kappa shape index (κ3) is 4.24. The first kappa shape index (κ1) is 16.4. The molecular weight excluding hydrogens is 298 g/mol. The van der Waals surface area contributed by atoms with Gasteiger partial charge in [0.15, 0.2) is 0 Å². The van der Waals surface area contributed by atoms with Crippen LogP contribution in [0.15, 0.2) is 53.4 Å². The standard InChI is InChI=1S/C17H21NO3S/c1-4-14-5-7-15(8-6-14)18-22(19,20)17-11-9-16(10-12-17)21-13(2)3/h5-13,18H,4H2,1-3H3. The Morgan fingerprint density at radius 1 is 1.00 bits per heavy atom. The molecule has 2 aromatic carbocycles. The van der Waals surface area contributed by atoms with Crippen LogP contribution in [0.25, 0.3) is 0 Å². The Balaban J connectivity index is 2.15. The zero-order chi connectivity index (χ0) is 16.2. The molecule has 5 heteroatoms. The summed E-state index contributed by atoms with van der Waals surface area (Å²) in [7, 11) is -3.58. The van der Waals surface area contributed by atoms with E-state index in [2.05, 4.69) is 11.6 Å². The van der Waals surface area contributed by atoms with E-state index >= 15 is 0 Å². The average Bonchev–Trinajstić information content (AvgIpc) is 2.47. The molecule has 0 aromatic heterocycles. The van der Waals surface area contributed by atoms with Crippen molar-refractivity contribution in [2.24, 2.45) is 0 Å². The number of hydrogen-bond donors (Lipinski definition) is 1. The summed E-state index contributed by atoms with van der Waals surface area (Å²) in [6.45, 7) is 5.90. The third-order valence-corrected chi connectivity index (χ3v) is 4.52. The lowest BCUT2D eigenvalue weighted by Crippen LogP contribution is -2.13. The molecule has 4 nitrogen and oxygen atoms in total. The summed E-state index contributed by atoms with van der Waals surface area (Å²) >= 11 is 0. The second-order valence-electron chi connectivity index (χ2n) is 5.29. The Kier molecular flexibility index (Phi) is 5.08. The highest BCUT2D eigenvalue weighted by Crippen LogP contribution is 2.20. The third-order valence-electron chi connectivity index (χ3n) is 3.12. The largest absolute Gasteiger partial charge is 0.491 e. The zero-order valence-corrected chi connectivity index (χ0v) is 13.9. The predicted octanol–water partition coefficient (Wildman–Crippen LogP) is 3.84. The maximum Gasteiger partial charge on any atom is 0.261 e. The van der Waals surface area contributed by atoms with Gasteiger partial charge in [-0.1, -0.05) is 19.1 Å². The van der Waals surface area contributed by atoms with Gasteiger partial charge in [0, 0.05) is 5.69 Å². The molecule has 2 rings (SSSR count). The Morgan fingerprint density at radius 2 is 1.59 bits per heavy atom. The fourth-order valence-electron chi connectivity index (χ4n) is 1.99. The Hall–Kier alpha value is -2.01. The lowest BCUT2D eigenvalue weighted by Gasteiger charge is -2.11. The molecule has 0 atom stereocenters. The normalized spacial score (nSPS) is 11.5. The van der Waals surface area contributed by atoms with Crippen LogP contribution in [0.2, 0.25) is 0 Å². The molecule has 0 heterocycles. The highest BCUT2D eigenvalue weighted by molar-refractivity contribution is 7.92. The van der Waals surface area contributed by atoms with E-state index in [0.717, 1.165) is 12.0 Å². The minimum absolute atomic E-state index is 0.0534. The Labute approximate surface area is 132 Å². The first-order valence-electron chi connectivity index (χ1n) is 7.29. The van der Waals surface area contributed by atoms with Crippen LogP contribution in [-0.4, -0.2) is 14.5 Å². The van der Waals surface area contributed by atoms with E-state index in [9.17, 15) is 8.42 Å². The van der Waals surface area contributed by atoms with Gasteiger partial charge in [0.1, 0.15) is 5.75 Å². The molecule has 0 amide bonds. The van der Waals surface area contributed by atoms with Crippen molar-refractivity contribution >= 4 is 15.7 Å². The molecule has 22 heavy (non-hydrogen) atoms. The monoisotopic (exact) mass is 319 g/mol. The quantitative estimate of drug-likeness (QED) is 0.880. The van der Waals surface area contributed by atoms with Crippen LogP contribution >= 0.6 is 0 Å². The van der Waals surface area contributed by atoms with Gasteiger partial charge in [-0.3, -0.25) is 4.72 Å². The van der Waals surface area contributed by atoms with E-state index in [0.29, 0.717) is 11.4 Å². The van der Waals surface area contributed by atoms with Crippen molar-refractivity contribution in [3.05, 3.63) is 54.1 Å². The number of rotatable bonds is 6. The number of nitrogens with one attached hydrogen (secondary N) is 1.